The molecule has 0 aromatic carbocycles. The lowest BCUT2D eigenvalue weighted by atomic mass is 10.2. The maximum Gasteiger partial charge on any atom is 0.335 e. The highest BCUT2D eigenvalue weighted by Gasteiger charge is 2.15. The number of rotatable bonds is 6. The van der Waals surface area contributed by atoms with Gasteiger partial charge < -0.3 is 14.9 Å². The predicted molar refractivity (Wildman–Crippen MR) is 77.1 cm³/mol. The fourth-order valence-corrected chi connectivity index (χ4v) is 1.93. The van der Waals surface area contributed by atoms with Crippen molar-refractivity contribution < 1.29 is 14.7 Å². The van der Waals surface area contributed by atoms with E-state index in [1.54, 1.807) is 23.8 Å². The fraction of sp³-hybridized carbons (Fsp3) is 0.500. The fourth-order valence-electron chi connectivity index (χ4n) is 1.93. The lowest BCUT2D eigenvalue weighted by molar-refractivity contribution is -0.129. The predicted octanol–water partition coefficient (Wildman–Crippen LogP) is 1.39. The van der Waals surface area contributed by atoms with Crippen LogP contribution in [0.25, 0.3) is 0 Å². The first-order valence-electron chi connectivity index (χ1n) is 6.59. The van der Waals surface area contributed by atoms with Gasteiger partial charge in [0.15, 0.2) is 0 Å². The van der Waals surface area contributed by atoms with Gasteiger partial charge in [0.1, 0.15) is 5.82 Å². The molecule has 1 aromatic rings. The van der Waals surface area contributed by atoms with Crippen LogP contribution < -0.4 is 4.90 Å². The number of carbonyl (C=O) groups is 2. The standard InChI is InChI=1S/C14H21N3O3/c1-5-17(6-2)13(18)9-16(4)12-8-11(14(19)20)7-10(3)15-12/h7-8H,5-6,9H2,1-4H3,(H,19,20). The Bertz CT molecular complexity index is 498. The van der Waals surface area contributed by atoms with Crippen molar-refractivity contribution >= 4 is 17.7 Å². The number of amides is 1. The first-order valence-corrected chi connectivity index (χ1v) is 6.59. The molecule has 0 unspecified atom stereocenters. The Hall–Kier alpha value is -2.11. The number of pyridine rings is 1. The van der Waals surface area contributed by atoms with Gasteiger partial charge in [0.2, 0.25) is 5.91 Å². The molecule has 1 heterocycles. The van der Waals surface area contributed by atoms with Crippen molar-refractivity contribution in [2.24, 2.45) is 0 Å². The van der Waals surface area contributed by atoms with Gasteiger partial charge in [-0.2, -0.15) is 0 Å². The number of carbonyl (C=O) groups excluding carboxylic acids is 1. The van der Waals surface area contributed by atoms with Crippen LogP contribution in [0.3, 0.4) is 0 Å². The molecule has 0 bridgehead atoms. The molecule has 0 spiro atoms. The van der Waals surface area contributed by atoms with Crippen LogP contribution in [0, 0.1) is 6.92 Å². The largest absolute Gasteiger partial charge is 0.478 e. The summed E-state index contributed by atoms with van der Waals surface area (Å²) in [6.07, 6.45) is 0. The minimum atomic E-state index is -1.000. The minimum Gasteiger partial charge on any atom is -0.478 e. The number of hydrogen-bond acceptors (Lipinski definition) is 4. The van der Waals surface area contributed by atoms with Gasteiger partial charge in [-0.3, -0.25) is 4.79 Å². The van der Waals surface area contributed by atoms with Gasteiger partial charge >= 0.3 is 5.97 Å². The van der Waals surface area contributed by atoms with Gasteiger partial charge in [-0.25, -0.2) is 9.78 Å². The summed E-state index contributed by atoms with van der Waals surface area (Å²) in [5, 5.41) is 9.04. The number of aryl methyl sites for hydroxylation is 1. The van der Waals surface area contributed by atoms with E-state index in [0.29, 0.717) is 24.6 Å². The van der Waals surface area contributed by atoms with E-state index in [9.17, 15) is 9.59 Å². The molecule has 0 aliphatic carbocycles. The Balaban J connectivity index is 2.89. The molecular formula is C14H21N3O3. The summed E-state index contributed by atoms with van der Waals surface area (Å²) in [5.41, 5.74) is 0.789. The van der Waals surface area contributed by atoms with E-state index in [1.807, 2.05) is 13.8 Å². The number of aromatic nitrogens is 1. The van der Waals surface area contributed by atoms with E-state index < -0.39 is 5.97 Å². The summed E-state index contributed by atoms with van der Waals surface area (Å²) < 4.78 is 0. The van der Waals surface area contributed by atoms with Crippen LogP contribution >= 0.6 is 0 Å². The smallest absolute Gasteiger partial charge is 0.335 e. The van der Waals surface area contributed by atoms with Crippen LogP contribution in [0.15, 0.2) is 12.1 Å². The summed E-state index contributed by atoms with van der Waals surface area (Å²) >= 11 is 0. The normalized spacial score (nSPS) is 10.2. The van der Waals surface area contributed by atoms with Crippen molar-refractivity contribution in [2.45, 2.75) is 20.8 Å². The number of carboxylic acids is 1. The zero-order valence-corrected chi connectivity index (χ0v) is 12.4. The number of hydrogen-bond donors (Lipinski definition) is 1. The Kier molecular flexibility index (Phi) is 5.49. The zero-order chi connectivity index (χ0) is 15.3. The average molecular weight is 279 g/mol. The molecule has 0 saturated carbocycles. The van der Waals surface area contributed by atoms with E-state index in [2.05, 4.69) is 4.98 Å². The minimum absolute atomic E-state index is 0.00215. The second kappa shape index (κ2) is 6.88. The summed E-state index contributed by atoms with van der Waals surface area (Å²) in [5.74, 6) is -0.513. The maximum atomic E-state index is 12.0. The molecule has 6 nitrogen and oxygen atoms in total. The number of nitrogens with zero attached hydrogens (tertiary/aromatic N) is 3. The third kappa shape index (κ3) is 3.94. The molecule has 110 valence electrons. The van der Waals surface area contributed by atoms with Crippen LogP contribution in [0.4, 0.5) is 5.82 Å². The van der Waals surface area contributed by atoms with E-state index in [1.165, 1.54) is 12.1 Å². The van der Waals surface area contributed by atoms with Crippen LogP contribution in [0.1, 0.15) is 29.9 Å². The maximum absolute atomic E-state index is 12.0. The molecule has 1 rings (SSSR count). The third-order valence-corrected chi connectivity index (χ3v) is 3.07. The van der Waals surface area contributed by atoms with Gasteiger partial charge in [-0.15, -0.1) is 0 Å². The molecule has 1 aromatic heterocycles. The van der Waals surface area contributed by atoms with Crippen molar-refractivity contribution in [3.63, 3.8) is 0 Å². The first-order chi connectivity index (χ1) is 9.38. The molecule has 1 amide bonds. The van der Waals surface area contributed by atoms with Crippen LogP contribution in [0.2, 0.25) is 0 Å². The number of anilines is 1. The summed E-state index contributed by atoms with van der Waals surface area (Å²) in [7, 11) is 1.73. The number of carboxylic acid groups (broad SMARTS) is 1. The van der Waals surface area contributed by atoms with Crippen molar-refractivity contribution in [1.29, 1.82) is 0 Å². The van der Waals surface area contributed by atoms with Gasteiger partial charge in [0.05, 0.1) is 12.1 Å². The van der Waals surface area contributed by atoms with Crippen molar-refractivity contribution in [3.05, 3.63) is 23.4 Å². The highest BCUT2D eigenvalue weighted by atomic mass is 16.4. The van der Waals surface area contributed by atoms with Crippen LogP contribution in [-0.4, -0.2) is 53.5 Å². The lowest BCUT2D eigenvalue weighted by Gasteiger charge is -2.24. The van der Waals surface area contributed by atoms with Crippen LogP contribution in [-0.2, 0) is 4.79 Å². The molecule has 20 heavy (non-hydrogen) atoms. The van der Waals surface area contributed by atoms with Gasteiger partial charge in [0.25, 0.3) is 0 Å². The van der Waals surface area contributed by atoms with Gasteiger partial charge in [-0.05, 0) is 32.9 Å². The Morgan fingerprint density at radius 2 is 1.85 bits per heavy atom. The molecule has 6 heteroatoms. The molecule has 0 atom stereocenters. The van der Waals surface area contributed by atoms with Crippen molar-refractivity contribution in [3.8, 4) is 0 Å². The quantitative estimate of drug-likeness (QED) is 0.852. The molecule has 1 N–H and O–H groups in total. The number of likely N-dealkylation sites (N-methyl/N-ethyl adjacent to an activating group) is 2. The second-order valence-corrected chi connectivity index (χ2v) is 4.58. The Morgan fingerprint density at radius 3 is 2.35 bits per heavy atom. The van der Waals surface area contributed by atoms with E-state index >= 15 is 0 Å². The summed E-state index contributed by atoms with van der Waals surface area (Å²) in [4.78, 5) is 30.7. The highest BCUT2D eigenvalue weighted by molar-refractivity contribution is 5.89. The topological polar surface area (TPSA) is 73.7 Å². The zero-order valence-electron chi connectivity index (χ0n) is 12.4. The second-order valence-electron chi connectivity index (χ2n) is 4.58. The molecular weight excluding hydrogens is 258 g/mol. The molecule has 0 radical (unpaired) electrons. The van der Waals surface area contributed by atoms with E-state index in [0.717, 1.165) is 0 Å². The molecule has 0 aliphatic heterocycles. The monoisotopic (exact) mass is 279 g/mol. The molecule has 0 saturated heterocycles. The van der Waals surface area contributed by atoms with E-state index in [-0.39, 0.29) is 18.0 Å². The Morgan fingerprint density at radius 1 is 1.25 bits per heavy atom. The van der Waals surface area contributed by atoms with Gasteiger partial charge in [0, 0.05) is 25.8 Å². The highest BCUT2D eigenvalue weighted by Crippen LogP contribution is 2.14. The third-order valence-electron chi connectivity index (χ3n) is 3.07. The average Bonchev–Trinajstić information content (AvgIpc) is 2.39. The molecule has 0 fully saturated rings. The van der Waals surface area contributed by atoms with Crippen LogP contribution in [0.5, 0.6) is 0 Å². The van der Waals surface area contributed by atoms with E-state index in [4.69, 9.17) is 5.11 Å². The summed E-state index contributed by atoms with van der Waals surface area (Å²) in [6, 6.07) is 2.98. The van der Waals surface area contributed by atoms with Crippen molar-refractivity contribution in [1.82, 2.24) is 9.88 Å². The Labute approximate surface area is 119 Å². The first kappa shape index (κ1) is 15.9. The van der Waals surface area contributed by atoms with Gasteiger partial charge in [-0.1, -0.05) is 0 Å². The SMILES string of the molecule is CCN(CC)C(=O)CN(C)c1cc(C(=O)O)cc(C)n1. The summed E-state index contributed by atoms with van der Waals surface area (Å²) in [6.45, 7) is 7.08. The number of aromatic carboxylic acids is 1. The lowest BCUT2D eigenvalue weighted by Crippen LogP contribution is -2.39. The van der Waals surface area contributed by atoms with Crippen molar-refractivity contribution in [2.75, 3.05) is 31.6 Å². The molecule has 0 aliphatic rings.